The largest absolute Gasteiger partial charge is 0.388 e. The molecule has 1 nitrogen and oxygen atoms in total. The van der Waals surface area contributed by atoms with Crippen LogP contribution in [0.25, 0.3) is 0 Å². The van der Waals surface area contributed by atoms with Crippen LogP contribution in [0.4, 0.5) is 4.39 Å². The molecule has 0 aromatic heterocycles. The highest BCUT2D eigenvalue weighted by Crippen LogP contribution is 2.27. The molecule has 0 heterocycles. The van der Waals surface area contributed by atoms with E-state index >= 15 is 0 Å². The molecule has 0 spiro atoms. The van der Waals surface area contributed by atoms with Crippen molar-refractivity contribution in [2.45, 2.75) is 19.4 Å². The van der Waals surface area contributed by atoms with E-state index < -0.39 is 6.10 Å². The Morgan fingerprint density at radius 2 is 2.29 bits per heavy atom. The van der Waals surface area contributed by atoms with Gasteiger partial charge in [-0.1, -0.05) is 27.6 Å². The van der Waals surface area contributed by atoms with Crippen LogP contribution < -0.4 is 0 Å². The predicted molar refractivity (Wildman–Crippen MR) is 58.5 cm³/mol. The molecule has 0 saturated heterocycles. The summed E-state index contributed by atoms with van der Waals surface area (Å²) in [4.78, 5) is 0. The lowest BCUT2D eigenvalue weighted by atomic mass is 10.0. The molecule has 0 fully saturated rings. The first-order valence-corrected chi connectivity index (χ1v) is 5.07. The van der Waals surface area contributed by atoms with Gasteiger partial charge < -0.3 is 5.11 Å². The van der Waals surface area contributed by atoms with Crippen molar-refractivity contribution in [3.63, 3.8) is 0 Å². The Morgan fingerprint density at radius 3 is 2.79 bits per heavy atom. The maximum absolute atomic E-state index is 12.7. The number of aliphatic hydroxyl groups is 1. The van der Waals surface area contributed by atoms with Crippen molar-refractivity contribution in [3.05, 3.63) is 46.2 Å². The zero-order valence-electron chi connectivity index (χ0n) is 7.93. The van der Waals surface area contributed by atoms with E-state index in [2.05, 4.69) is 22.5 Å². The van der Waals surface area contributed by atoms with Crippen molar-refractivity contribution >= 4 is 15.9 Å². The molecule has 14 heavy (non-hydrogen) atoms. The maximum Gasteiger partial charge on any atom is 0.124 e. The number of benzene rings is 1. The van der Waals surface area contributed by atoms with Crippen molar-refractivity contribution in [2.24, 2.45) is 0 Å². The molecule has 1 N–H and O–H groups in total. The van der Waals surface area contributed by atoms with E-state index in [-0.39, 0.29) is 5.82 Å². The van der Waals surface area contributed by atoms with E-state index in [1.807, 2.05) is 6.92 Å². The topological polar surface area (TPSA) is 20.2 Å². The van der Waals surface area contributed by atoms with E-state index in [0.29, 0.717) is 16.5 Å². The van der Waals surface area contributed by atoms with E-state index in [0.717, 1.165) is 5.57 Å². The minimum atomic E-state index is -0.623. The van der Waals surface area contributed by atoms with Crippen molar-refractivity contribution in [1.82, 2.24) is 0 Å². The number of hydrogen-bond acceptors (Lipinski definition) is 1. The van der Waals surface area contributed by atoms with Gasteiger partial charge in [0.25, 0.3) is 0 Å². The van der Waals surface area contributed by atoms with Crippen molar-refractivity contribution in [3.8, 4) is 0 Å². The molecule has 1 atom stereocenters. The zero-order chi connectivity index (χ0) is 10.7. The normalized spacial score (nSPS) is 12.6. The second-order valence-corrected chi connectivity index (χ2v) is 4.20. The third-order valence-electron chi connectivity index (χ3n) is 1.86. The van der Waals surface area contributed by atoms with E-state index in [4.69, 9.17) is 0 Å². The van der Waals surface area contributed by atoms with E-state index in [1.165, 1.54) is 12.1 Å². The molecule has 76 valence electrons. The third kappa shape index (κ3) is 2.93. The minimum absolute atomic E-state index is 0.317. The molecule has 0 bridgehead atoms. The van der Waals surface area contributed by atoms with Gasteiger partial charge in [-0.2, -0.15) is 0 Å². The molecule has 0 aliphatic carbocycles. The first-order chi connectivity index (χ1) is 6.50. The van der Waals surface area contributed by atoms with Crippen molar-refractivity contribution in [2.75, 3.05) is 0 Å². The molecular formula is C11H12BrFO. The van der Waals surface area contributed by atoms with Crippen molar-refractivity contribution in [1.29, 1.82) is 0 Å². The molecular weight excluding hydrogens is 247 g/mol. The summed E-state index contributed by atoms with van der Waals surface area (Å²) < 4.78 is 13.3. The number of halogens is 2. The second kappa shape index (κ2) is 4.71. The fourth-order valence-electron chi connectivity index (χ4n) is 1.21. The fraction of sp³-hybridized carbons (Fsp3) is 0.273. The fourth-order valence-corrected chi connectivity index (χ4v) is 1.83. The van der Waals surface area contributed by atoms with Gasteiger partial charge in [-0.25, -0.2) is 4.39 Å². The monoisotopic (exact) mass is 258 g/mol. The summed E-state index contributed by atoms with van der Waals surface area (Å²) >= 11 is 3.21. The lowest BCUT2D eigenvalue weighted by molar-refractivity contribution is 0.177. The summed E-state index contributed by atoms with van der Waals surface area (Å²) in [5.41, 5.74) is 1.59. The van der Waals surface area contributed by atoms with Crippen LogP contribution in [0.1, 0.15) is 25.0 Å². The summed E-state index contributed by atoms with van der Waals surface area (Å²) in [7, 11) is 0. The molecule has 0 aliphatic rings. The van der Waals surface area contributed by atoms with Gasteiger partial charge in [-0.15, -0.1) is 6.58 Å². The lowest BCUT2D eigenvalue weighted by Crippen LogP contribution is -1.99. The highest BCUT2D eigenvalue weighted by Gasteiger charge is 2.11. The SMILES string of the molecule is C=C(C)CC(O)c1ccc(F)cc1Br. The Morgan fingerprint density at radius 1 is 1.64 bits per heavy atom. The summed E-state index contributed by atoms with van der Waals surface area (Å²) in [5, 5.41) is 9.75. The van der Waals surface area contributed by atoms with Gasteiger partial charge in [0.15, 0.2) is 0 Å². The molecule has 1 unspecified atom stereocenters. The van der Waals surface area contributed by atoms with Crippen LogP contribution in [0.3, 0.4) is 0 Å². The highest BCUT2D eigenvalue weighted by molar-refractivity contribution is 9.10. The highest BCUT2D eigenvalue weighted by atomic mass is 79.9. The molecule has 0 saturated carbocycles. The summed E-state index contributed by atoms with van der Waals surface area (Å²) in [6.45, 7) is 5.57. The van der Waals surface area contributed by atoms with Gasteiger partial charge in [0.05, 0.1) is 6.10 Å². The van der Waals surface area contributed by atoms with Crippen molar-refractivity contribution < 1.29 is 9.50 Å². The first-order valence-electron chi connectivity index (χ1n) is 4.28. The minimum Gasteiger partial charge on any atom is -0.388 e. The molecule has 1 aromatic rings. The molecule has 0 aliphatic heterocycles. The number of aliphatic hydroxyl groups excluding tert-OH is 1. The Balaban J connectivity index is 2.90. The van der Waals surface area contributed by atoms with Crippen LogP contribution >= 0.6 is 15.9 Å². The predicted octanol–water partition coefficient (Wildman–Crippen LogP) is 3.59. The maximum atomic E-state index is 12.7. The van der Waals surface area contributed by atoms with Gasteiger partial charge in [-0.05, 0) is 31.0 Å². The summed E-state index contributed by atoms with van der Waals surface area (Å²) in [6, 6.07) is 4.26. The number of hydrogen-bond donors (Lipinski definition) is 1. The Bertz CT molecular complexity index is 349. The Kier molecular flexibility index (Phi) is 3.84. The van der Waals surface area contributed by atoms with Gasteiger partial charge in [-0.3, -0.25) is 0 Å². The molecule has 3 heteroatoms. The van der Waals surface area contributed by atoms with Crippen LogP contribution in [0, 0.1) is 5.82 Å². The average Bonchev–Trinajstić information content (AvgIpc) is 2.01. The zero-order valence-corrected chi connectivity index (χ0v) is 9.51. The lowest BCUT2D eigenvalue weighted by Gasteiger charge is -2.12. The van der Waals surface area contributed by atoms with Crippen LogP contribution in [-0.4, -0.2) is 5.11 Å². The van der Waals surface area contributed by atoms with Gasteiger partial charge in [0, 0.05) is 4.47 Å². The molecule has 1 rings (SSSR count). The third-order valence-corrected chi connectivity index (χ3v) is 2.55. The Labute approximate surface area is 91.4 Å². The smallest absolute Gasteiger partial charge is 0.124 e. The van der Waals surface area contributed by atoms with Crippen LogP contribution in [0.15, 0.2) is 34.8 Å². The standard InChI is InChI=1S/C11H12BrFO/c1-7(2)5-11(14)9-4-3-8(13)6-10(9)12/h3-4,6,11,14H,1,5H2,2H3. The second-order valence-electron chi connectivity index (χ2n) is 3.34. The van der Waals surface area contributed by atoms with Gasteiger partial charge in [0.2, 0.25) is 0 Å². The molecule has 0 amide bonds. The Hall–Kier alpha value is -0.670. The van der Waals surface area contributed by atoms with Crippen LogP contribution in [0.5, 0.6) is 0 Å². The molecule has 1 aromatic carbocycles. The summed E-state index contributed by atoms with van der Waals surface area (Å²) in [6.07, 6.45) is -0.132. The van der Waals surface area contributed by atoms with Crippen LogP contribution in [0.2, 0.25) is 0 Å². The summed E-state index contributed by atoms with van der Waals surface area (Å²) in [5.74, 6) is -0.317. The van der Waals surface area contributed by atoms with Gasteiger partial charge in [0.1, 0.15) is 5.82 Å². The van der Waals surface area contributed by atoms with E-state index in [1.54, 1.807) is 6.07 Å². The average molecular weight is 259 g/mol. The number of rotatable bonds is 3. The van der Waals surface area contributed by atoms with Gasteiger partial charge >= 0.3 is 0 Å². The van der Waals surface area contributed by atoms with Crippen LogP contribution in [-0.2, 0) is 0 Å². The first kappa shape index (κ1) is 11.4. The quantitative estimate of drug-likeness (QED) is 0.822. The van der Waals surface area contributed by atoms with E-state index in [9.17, 15) is 9.50 Å². The molecule has 0 radical (unpaired) electrons.